The second kappa shape index (κ2) is 7.12. The summed E-state index contributed by atoms with van der Waals surface area (Å²) in [5.74, 6) is -0.0249. The first-order chi connectivity index (χ1) is 10.5. The van der Waals surface area contributed by atoms with Gasteiger partial charge in [0.15, 0.2) is 0 Å². The van der Waals surface area contributed by atoms with Crippen molar-refractivity contribution in [3.63, 3.8) is 0 Å². The Kier molecular flexibility index (Phi) is 5.21. The number of nitrogens with one attached hydrogen (secondary N) is 2. The van der Waals surface area contributed by atoms with E-state index >= 15 is 0 Å². The maximum Gasteiger partial charge on any atom is 0.243 e. The van der Waals surface area contributed by atoms with Crippen LogP contribution < -0.4 is 10.6 Å². The largest absolute Gasteiger partial charge is 0.376 e. The fourth-order valence-corrected chi connectivity index (χ4v) is 2.64. The molecular formula is C19H24N2O. The first kappa shape index (κ1) is 16.1. The second-order valence-electron chi connectivity index (χ2n) is 5.74. The van der Waals surface area contributed by atoms with Crippen LogP contribution in [0.2, 0.25) is 0 Å². The lowest BCUT2D eigenvalue weighted by Crippen LogP contribution is -2.23. The minimum Gasteiger partial charge on any atom is -0.376 e. The van der Waals surface area contributed by atoms with Gasteiger partial charge in [0.2, 0.25) is 5.91 Å². The number of amides is 1. The molecule has 116 valence electrons. The van der Waals surface area contributed by atoms with Gasteiger partial charge in [0.25, 0.3) is 0 Å². The van der Waals surface area contributed by atoms with Crippen LogP contribution in [0.1, 0.15) is 29.2 Å². The normalized spacial score (nSPS) is 10.4. The molecule has 0 aliphatic carbocycles. The van der Waals surface area contributed by atoms with Crippen molar-refractivity contribution in [2.24, 2.45) is 0 Å². The Morgan fingerprint density at radius 1 is 1.05 bits per heavy atom. The maximum absolute atomic E-state index is 12.2. The van der Waals surface area contributed by atoms with Crippen LogP contribution >= 0.6 is 0 Å². The predicted molar refractivity (Wildman–Crippen MR) is 93.6 cm³/mol. The highest BCUT2D eigenvalue weighted by atomic mass is 16.1. The monoisotopic (exact) mass is 296 g/mol. The Labute approximate surface area is 132 Å². The molecule has 2 rings (SSSR count). The Morgan fingerprint density at radius 2 is 1.73 bits per heavy atom. The van der Waals surface area contributed by atoms with Crippen LogP contribution in [0.25, 0.3) is 0 Å². The second-order valence-corrected chi connectivity index (χ2v) is 5.74. The summed E-state index contributed by atoms with van der Waals surface area (Å²) >= 11 is 0. The lowest BCUT2D eigenvalue weighted by Gasteiger charge is -2.14. The smallest absolute Gasteiger partial charge is 0.243 e. The van der Waals surface area contributed by atoms with Crippen molar-refractivity contribution in [3.8, 4) is 0 Å². The van der Waals surface area contributed by atoms with Gasteiger partial charge in [0, 0.05) is 11.4 Å². The SMILES string of the molecule is CCc1cccc(C)c1NC(=O)CNc1cc(C)cc(C)c1. The Morgan fingerprint density at radius 3 is 2.36 bits per heavy atom. The van der Waals surface area contributed by atoms with E-state index in [0.29, 0.717) is 0 Å². The van der Waals surface area contributed by atoms with Gasteiger partial charge in [0.05, 0.1) is 6.54 Å². The molecule has 0 spiro atoms. The fourth-order valence-electron chi connectivity index (χ4n) is 2.64. The number of hydrogen-bond donors (Lipinski definition) is 2. The van der Waals surface area contributed by atoms with E-state index in [2.05, 4.69) is 43.5 Å². The standard InChI is InChI=1S/C19H24N2O/c1-5-16-8-6-7-15(4)19(16)21-18(22)12-20-17-10-13(2)9-14(3)11-17/h6-11,20H,5,12H2,1-4H3,(H,21,22). The molecule has 0 aliphatic rings. The van der Waals surface area contributed by atoms with E-state index in [4.69, 9.17) is 0 Å². The molecule has 0 radical (unpaired) electrons. The first-order valence-electron chi connectivity index (χ1n) is 7.70. The van der Waals surface area contributed by atoms with Gasteiger partial charge in [-0.05, 0) is 61.6 Å². The summed E-state index contributed by atoms with van der Waals surface area (Å²) in [6, 6.07) is 12.3. The third kappa shape index (κ3) is 4.10. The van der Waals surface area contributed by atoms with Crippen molar-refractivity contribution in [2.45, 2.75) is 34.1 Å². The van der Waals surface area contributed by atoms with Gasteiger partial charge in [-0.3, -0.25) is 4.79 Å². The van der Waals surface area contributed by atoms with Crippen molar-refractivity contribution < 1.29 is 4.79 Å². The topological polar surface area (TPSA) is 41.1 Å². The van der Waals surface area contributed by atoms with Gasteiger partial charge in [0.1, 0.15) is 0 Å². The number of para-hydroxylation sites is 1. The minimum atomic E-state index is -0.0249. The summed E-state index contributed by atoms with van der Waals surface area (Å²) in [6.45, 7) is 8.49. The van der Waals surface area contributed by atoms with Gasteiger partial charge < -0.3 is 10.6 Å². The van der Waals surface area contributed by atoms with Gasteiger partial charge >= 0.3 is 0 Å². The number of rotatable bonds is 5. The van der Waals surface area contributed by atoms with Crippen molar-refractivity contribution in [1.82, 2.24) is 0 Å². The van der Waals surface area contributed by atoms with E-state index in [1.807, 2.05) is 31.2 Å². The highest BCUT2D eigenvalue weighted by molar-refractivity contribution is 5.95. The summed E-state index contributed by atoms with van der Waals surface area (Å²) < 4.78 is 0. The maximum atomic E-state index is 12.2. The Bertz CT molecular complexity index is 657. The molecule has 0 fully saturated rings. The first-order valence-corrected chi connectivity index (χ1v) is 7.70. The van der Waals surface area contributed by atoms with E-state index in [1.54, 1.807) is 0 Å². The van der Waals surface area contributed by atoms with E-state index in [1.165, 1.54) is 16.7 Å². The zero-order chi connectivity index (χ0) is 16.1. The number of benzene rings is 2. The van der Waals surface area contributed by atoms with Crippen molar-refractivity contribution in [2.75, 3.05) is 17.2 Å². The molecule has 2 aromatic rings. The lowest BCUT2D eigenvalue weighted by molar-refractivity contribution is -0.114. The molecule has 0 atom stereocenters. The molecule has 0 heterocycles. The fraction of sp³-hybridized carbons (Fsp3) is 0.316. The number of hydrogen-bond acceptors (Lipinski definition) is 2. The van der Waals surface area contributed by atoms with E-state index in [-0.39, 0.29) is 12.5 Å². The molecule has 22 heavy (non-hydrogen) atoms. The van der Waals surface area contributed by atoms with Crippen LogP contribution in [0, 0.1) is 20.8 Å². The van der Waals surface area contributed by atoms with Crippen molar-refractivity contribution in [3.05, 3.63) is 58.7 Å². The average molecular weight is 296 g/mol. The lowest BCUT2D eigenvalue weighted by atomic mass is 10.1. The van der Waals surface area contributed by atoms with Gasteiger partial charge in [-0.1, -0.05) is 31.2 Å². The van der Waals surface area contributed by atoms with Crippen molar-refractivity contribution >= 4 is 17.3 Å². The number of carbonyl (C=O) groups is 1. The van der Waals surface area contributed by atoms with E-state index < -0.39 is 0 Å². The third-order valence-corrected chi connectivity index (χ3v) is 3.68. The van der Waals surface area contributed by atoms with Crippen LogP contribution in [-0.2, 0) is 11.2 Å². The van der Waals surface area contributed by atoms with Crippen LogP contribution in [0.3, 0.4) is 0 Å². The summed E-state index contributed by atoms with van der Waals surface area (Å²) in [6.07, 6.45) is 0.905. The van der Waals surface area contributed by atoms with Gasteiger partial charge in [-0.25, -0.2) is 0 Å². The molecule has 0 bridgehead atoms. The van der Waals surface area contributed by atoms with Gasteiger partial charge in [-0.2, -0.15) is 0 Å². The molecule has 3 heteroatoms. The molecule has 0 saturated heterocycles. The number of anilines is 2. The summed E-state index contributed by atoms with van der Waals surface area (Å²) in [7, 11) is 0. The number of carbonyl (C=O) groups excluding carboxylic acids is 1. The predicted octanol–water partition coefficient (Wildman–Crippen LogP) is 4.22. The average Bonchev–Trinajstić information content (AvgIpc) is 2.46. The molecule has 0 aromatic heterocycles. The van der Waals surface area contributed by atoms with Crippen molar-refractivity contribution in [1.29, 1.82) is 0 Å². The summed E-state index contributed by atoms with van der Waals surface area (Å²) in [5, 5.41) is 6.22. The highest BCUT2D eigenvalue weighted by Gasteiger charge is 2.08. The zero-order valence-corrected chi connectivity index (χ0v) is 13.8. The number of aryl methyl sites for hydroxylation is 4. The quantitative estimate of drug-likeness (QED) is 0.867. The minimum absolute atomic E-state index is 0.0249. The Balaban J connectivity index is 2.02. The van der Waals surface area contributed by atoms with E-state index in [0.717, 1.165) is 23.4 Å². The molecule has 1 amide bonds. The Hall–Kier alpha value is -2.29. The molecule has 3 nitrogen and oxygen atoms in total. The molecule has 0 saturated carbocycles. The highest BCUT2D eigenvalue weighted by Crippen LogP contribution is 2.21. The zero-order valence-electron chi connectivity index (χ0n) is 13.8. The molecular weight excluding hydrogens is 272 g/mol. The van der Waals surface area contributed by atoms with Crippen LogP contribution in [-0.4, -0.2) is 12.5 Å². The van der Waals surface area contributed by atoms with Crippen LogP contribution in [0.4, 0.5) is 11.4 Å². The van der Waals surface area contributed by atoms with Crippen LogP contribution in [0.15, 0.2) is 36.4 Å². The summed E-state index contributed by atoms with van der Waals surface area (Å²) in [5.41, 5.74) is 6.56. The molecule has 0 aliphatic heterocycles. The van der Waals surface area contributed by atoms with E-state index in [9.17, 15) is 4.79 Å². The molecule has 2 aromatic carbocycles. The van der Waals surface area contributed by atoms with Gasteiger partial charge in [-0.15, -0.1) is 0 Å². The molecule has 0 unspecified atom stereocenters. The molecule has 2 N–H and O–H groups in total. The third-order valence-electron chi connectivity index (χ3n) is 3.68. The van der Waals surface area contributed by atoms with Crippen LogP contribution in [0.5, 0.6) is 0 Å². The summed E-state index contributed by atoms with van der Waals surface area (Å²) in [4.78, 5) is 12.2.